The molecular weight excluding hydrogens is 539 g/mol. The molecule has 1 fully saturated rings. The number of ether oxygens (including phenoxy) is 2. The highest BCUT2D eigenvalue weighted by Crippen LogP contribution is 2.44. The second-order valence-corrected chi connectivity index (χ2v) is 10.0. The van der Waals surface area contributed by atoms with Gasteiger partial charge in [-0.2, -0.15) is 13.2 Å². The molecule has 1 aliphatic rings. The van der Waals surface area contributed by atoms with Gasteiger partial charge >= 0.3 is 12.2 Å². The second-order valence-electron chi connectivity index (χ2n) is 10.0. The molecule has 1 heterocycles. The zero-order valence-electron chi connectivity index (χ0n) is 22.6. The van der Waals surface area contributed by atoms with E-state index in [1.165, 1.54) is 0 Å². The summed E-state index contributed by atoms with van der Waals surface area (Å²) in [5.41, 5.74) is -5.78. The minimum atomic E-state index is -5.59. The maximum atomic E-state index is 13.3. The molecule has 0 spiro atoms. The number of aliphatic hydroxyl groups is 1. The summed E-state index contributed by atoms with van der Waals surface area (Å²) in [6.45, 7) is 7.12. The average molecular weight is 573 g/mol. The number of amides is 3. The van der Waals surface area contributed by atoms with E-state index in [4.69, 9.17) is 9.47 Å². The van der Waals surface area contributed by atoms with Gasteiger partial charge in [0, 0.05) is 6.54 Å². The molecule has 0 aromatic heterocycles. The van der Waals surface area contributed by atoms with Crippen LogP contribution in [0.5, 0.6) is 11.5 Å². The van der Waals surface area contributed by atoms with Crippen molar-refractivity contribution in [2.45, 2.75) is 76.8 Å². The molecule has 2 unspecified atom stereocenters. The summed E-state index contributed by atoms with van der Waals surface area (Å²) in [6.07, 6.45) is -8.81. The van der Waals surface area contributed by atoms with Crippen LogP contribution in [0.15, 0.2) is 42.5 Å². The lowest BCUT2D eigenvalue weighted by atomic mass is 9.91. The fourth-order valence-corrected chi connectivity index (χ4v) is 4.47. The van der Waals surface area contributed by atoms with Gasteiger partial charge in [0.15, 0.2) is 0 Å². The number of nitrogens with zero attached hydrogens (tertiary/aromatic N) is 1. The van der Waals surface area contributed by atoms with E-state index in [9.17, 15) is 36.6 Å². The Morgan fingerprint density at radius 1 is 1.07 bits per heavy atom. The molecule has 0 saturated carbocycles. The maximum absolute atomic E-state index is 13.3. The highest BCUT2D eigenvalue weighted by Gasteiger charge is 2.61. The summed E-state index contributed by atoms with van der Waals surface area (Å²) in [6, 6.07) is 9.00. The number of hydrogen-bond donors (Lipinski definition) is 2. The van der Waals surface area contributed by atoms with Crippen molar-refractivity contribution in [2.75, 3.05) is 13.2 Å². The first-order valence-corrected chi connectivity index (χ1v) is 12.9. The predicted octanol–water partition coefficient (Wildman–Crippen LogP) is 5.68. The van der Waals surface area contributed by atoms with Crippen molar-refractivity contribution >= 4 is 11.9 Å². The summed E-state index contributed by atoms with van der Waals surface area (Å²) in [4.78, 5) is 26.8. The minimum absolute atomic E-state index is 0.00913. The van der Waals surface area contributed by atoms with Crippen molar-refractivity contribution in [3.05, 3.63) is 59.2 Å². The number of aryl methyl sites for hydroxylation is 1. The zero-order chi connectivity index (χ0) is 29.9. The average Bonchev–Trinajstić information content (AvgIpc) is 3.09. The van der Waals surface area contributed by atoms with Crippen LogP contribution in [-0.2, 0) is 22.4 Å². The number of carbonyl (C=O) groups excluding carboxylic acids is 2. The summed E-state index contributed by atoms with van der Waals surface area (Å²) >= 11 is 0. The molecule has 2 aromatic carbocycles. The van der Waals surface area contributed by atoms with Crippen LogP contribution in [0.3, 0.4) is 0 Å². The Bertz CT molecular complexity index is 1200. The molecule has 3 amide bonds. The third-order valence-electron chi connectivity index (χ3n) is 6.63. The number of benzene rings is 2. The third kappa shape index (κ3) is 6.16. The second kappa shape index (κ2) is 12.0. The lowest BCUT2D eigenvalue weighted by Crippen LogP contribution is -2.48. The topological polar surface area (TPSA) is 88.1 Å². The van der Waals surface area contributed by atoms with Crippen molar-refractivity contribution in [1.82, 2.24) is 10.2 Å². The van der Waals surface area contributed by atoms with Gasteiger partial charge in [-0.05, 0) is 74.6 Å². The molecule has 1 saturated heterocycles. The Labute approximate surface area is 229 Å². The number of carbonyl (C=O) groups is 2. The number of halogens is 5. The van der Waals surface area contributed by atoms with Crippen LogP contribution < -0.4 is 14.8 Å². The smallest absolute Gasteiger partial charge is 0.427 e. The summed E-state index contributed by atoms with van der Waals surface area (Å²) in [7, 11) is 0. The molecule has 1 aliphatic heterocycles. The van der Waals surface area contributed by atoms with Gasteiger partial charge in [-0.3, -0.25) is 9.69 Å². The van der Waals surface area contributed by atoms with E-state index in [-0.39, 0.29) is 43.4 Å². The van der Waals surface area contributed by atoms with Crippen LogP contribution in [0.25, 0.3) is 0 Å². The Balaban J connectivity index is 1.67. The van der Waals surface area contributed by atoms with Crippen molar-refractivity contribution in [3.8, 4) is 11.5 Å². The van der Waals surface area contributed by atoms with Gasteiger partial charge in [0.2, 0.25) is 5.60 Å². The largest absolute Gasteiger partial charge is 0.493 e. The van der Waals surface area contributed by atoms with E-state index in [1.54, 1.807) is 38.1 Å². The highest BCUT2D eigenvalue weighted by atomic mass is 19.4. The lowest BCUT2D eigenvalue weighted by molar-refractivity contribution is -0.305. The molecule has 220 valence electrons. The first-order valence-electron chi connectivity index (χ1n) is 12.9. The summed E-state index contributed by atoms with van der Waals surface area (Å²) in [5.74, 6) is 0.334. The number of nitrogens with one attached hydrogen (secondary N) is 1. The van der Waals surface area contributed by atoms with E-state index >= 15 is 0 Å². The quantitative estimate of drug-likeness (QED) is 0.194. The number of alkyl halides is 5. The van der Waals surface area contributed by atoms with Crippen molar-refractivity contribution in [1.29, 1.82) is 0 Å². The normalized spacial score (nSPS) is 19.2. The molecule has 2 atom stereocenters. The predicted molar refractivity (Wildman–Crippen MR) is 136 cm³/mol. The highest BCUT2D eigenvalue weighted by molar-refractivity contribution is 6.07. The van der Waals surface area contributed by atoms with Gasteiger partial charge in [-0.15, -0.1) is 0 Å². The Morgan fingerprint density at radius 2 is 1.73 bits per heavy atom. The summed E-state index contributed by atoms with van der Waals surface area (Å²) in [5, 5.41) is 12.6. The van der Waals surface area contributed by atoms with Gasteiger partial charge in [-0.25, -0.2) is 13.6 Å². The first kappa shape index (κ1) is 31.1. The molecular formula is C28H33F5N2O5. The van der Waals surface area contributed by atoms with Crippen LogP contribution in [0, 0.1) is 0 Å². The van der Waals surface area contributed by atoms with Gasteiger partial charge < -0.3 is 19.9 Å². The lowest BCUT2D eigenvalue weighted by Gasteiger charge is -2.30. The number of urea groups is 1. The van der Waals surface area contributed by atoms with E-state index in [1.807, 2.05) is 13.8 Å². The monoisotopic (exact) mass is 572 g/mol. The van der Waals surface area contributed by atoms with E-state index < -0.39 is 41.2 Å². The van der Waals surface area contributed by atoms with Crippen LogP contribution in [0.1, 0.15) is 57.2 Å². The van der Waals surface area contributed by atoms with E-state index in [0.29, 0.717) is 17.7 Å². The SMILES string of the molecule is CCCc1cc(C(O)(C(F)F)C(F)(F)F)ccc1OCCCN1C(=O)NC(C)(c2ccc(OC(C)C)cc2)C1=O. The molecule has 2 N–H and O–H groups in total. The molecule has 0 aliphatic carbocycles. The van der Waals surface area contributed by atoms with Gasteiger partial charge in [-0.1, -0.05) is 31.5 Å². The number of hydrogen-bond acceptors (Lipinski definition) is 5. The maximum Gasteiger partial charge on any atom is 0.427 e. The third-order valence-corrected chi connectivity index (χ3v) is 6.63. The van der Waals surface area contributed by atoms with Crippen LogP contribution in [0.2, 0.25) is 0 Å². The summed E-state index contributed by atoms with van der Waals surface area (Å²) < 4.78 is 77.8. The standard InChI is InChI=1S/C28H33F5N2O5/c1-5-7-18-16-20(27(38,23(29)30)28(31,32)33)10-13-22(18)39-15-6-14-35-24(36)26(4,34-25(35)37)19-8-11-21(12-9-19)40-17(2)3/h8-13,16-17,23,38H,5-7,14-15H2,1-4H3,(H,34,37). The molecule has 12 heteroatoms. The number of imide groups is 1. The molecule has 3 rings (SSSR count). The molecule has 0 radical (unpaired) electrons. The van der Waals surface area contributed by atoms with Crippen LogP contribution in [0.4, 0.5) is 26.7 Å². The van der Waals surface area contributed by atoms with E-state index in [2.05, 4.69) is 5.32 Å². The molecule has 0 bridgehead atoms. The zero-order valence-corrected chi connectivity index (χ0v) is 22.6. The van der Waals surface area contributed by atoms with Gasteiger partial charge in [0.1, 0.15) is 17.0 Å². The minimum Gasteiger partial charge on any atom is -0.493 e. The Morgan fingerprint density at radius 3 is 2.27 bits per heavy atom. The fourth-order valence-electron chi connectivity index (χ4n) is 4.47. The molecule has 7 nitrogen and oxygen atoms in total. The molecule has 40 heavy (non-hydrogen) atoms. The van der Waals surface area contributed by atoms with Crippen molar-refractivity contribution in [2.24, 2.45) is 0 Å². The van der Waals surface area contributed by atoms with Gasteiger partial charge in [0.25, 0.3) is 12.3 Å². The van der Waals surface area contributed by atoms with Gasteiger partial charge in [0.05, 0.1) is 12.7 Å². The number of rotatable bonds is 12. The van der Waals surface area contributed by atoms with E-state index in [0.717, 1.165) is 23.1 Å². The fraction of sp³-hybridized carbons (Fsp3) is 0.500. The first-order chi connectivity index (χ1) is 18.6. The van der Waals surface area contributed by atoms with Crippen molar-refractivity contribution in [3.63, 3.8) is 0 Å². The molecule has 2 aromatic rings. The van der Waals surface area contributed by atoms with Crippen LogP contribution in [-0.4, -0.2) is 53.8 Å². The van der Waals surface area contributed by atoms with Crippen LogP contribution >= 0.6 is 0 Å². The Hall–Kier alpha value is -3.41. The van der Waals surface area contributed by atoms with Crippen molar-refractivity contribution < 1.29 is 46.1 Å². The Kier molecular flexibility index (Phi) is 9.33.